The summed E-state index contributed by atoms with van der Waals surface area (Å²) in [6.45, 7) is -0.131. The Kier molecular flexibility index (Phi) is 7.97. The van der Waals surface area contributed by atoms with Gasteiger partial charge in [0, 0.05) is 32.3 Å². The summed E-state index contributed by atoms with van der Waals surface area (Å²) in [5.41, 5.74) is 1.03. The molecule has 12 heteroatoms. The zero-order valence-corrected chi connectivity index (χ0v) is 21.7. The van der Waals surface area contributed by atoms with E-state index in [9.17, 15) is 14.4 Å². The molecule has 1 saturated heterocycles. The number of ether oxygens (including phenoxy) is 3. The van der Waals surface area contributed by atoms with Gasteiger partial charge in [-0.25, -0.2) is 9.59 Å². The highest BCUT2D eigenvalue weighted by Crippen LogP contribution is 2.37. The quantitative estimate of drug-likeness (QED) is 0.212. The third-order valence-electron chi connectivity index (χ3n) is 5.28. The summed E-state index contributed by atoms with van der Waals surface area (Å²) < 4.78 is 21.4. The second kappa shape index (κ2) is 11.2. The van der Waals surface area contributed by atoms with Crippen LogP contribution >= 0.6 is 34.8 Å². The number of benzene rings is 2. The van der Waals surface area contributed by atoms with Crippen LogP contribution in [0.2, 0.25) is 15.1 Å². The molecule has 3 aromatic rings. The highest BCUT2D eigenvalue weighted by molar-refractivity contribution is 6.35. The molecule has 3 amide bonds. The molecule has 0 atom stereocenters. The van der Waals surface area contributed by atoms with Crippen molar-refractivity contribution in [2.45, 2.75) is 13.2 Å². The van der Waals surface area contributed by atoms with E-state index in [0.717, 1.165) is 4.90 Å². The number of esters is 1. The first-order chi connectivity index (χ1) is 17.7. The molecular formula is C25H19Cl3N2O7. The Morgan fingerprint density at radius 2 is 1.84 bits per heavy atom. The number of urea groups is 1. The van der Waals surface area contributed by atoms with E-state index in [-0.39, 0.29) is 36.1 Å². The van der Waals surface area contributed by atoms with Crippen molar-refractivity contribution in [2.75, 3.05) is 14.2 Å². The standard InChI is InChI=1S/C25H19Cl3N2O7/c1-34-21-10-16(27)7-14(22(21)36-12-13-3-4-15(26)9-18(13)28)8-19-23(31)30(25(33)29-19)11-17-5-6-20(37-17)24(32)35-2/h3-10H,11-12H2,1-2H3,(H,29,33)/b19-8+. The Hall–Kier alpha value is -3.66. The maximum Gasteiger partial charge on any atom is 0.373 e. The topological polar surface area (TPSA) is 107 Å². The van der Waals surface area contributed by atoms with Crippen LogP contribution in [0.25, 0.3) is 6.08 Å². The molecular weight excluding hydrogens is 547 g/mol. The number of hydrogen-bond donors (Lipinski definition) is 1. The second-order valence-electron chi connectivity index (χ2n) is 7.69. The molecule has 0 aliphatic carbocycles. The third kappa shape index (κ3) is 5.85. The molecule has 4 rings (SSSR count). The Morgan fingerprint density at radius 3 is 2.54 bits per heavy atom. The van der Waals surface area contributed by atoms with Crippen LogP contribution in [0.1, 0.15) is 27.4 Å². The summed E-state index contributed by atoms with van der Waals surface area (Å²) in [5, 5.41) is 3.75. The van der Waals surface area contributed by atoms with Crippen LogP contribution in [-0.4, -0.2) is 37.0 Å². The van der Waals surface area contributed by atoms with Gasteiger partial charge in [-0.2, -0.15) is 0 Å². The van der Waals surface area contributed by atoms with Crippen LogP contribution in [0, 0.1) is 0 Å². The molecule has 1 fully saturated rings. The minimum atomic E-state index is -0.675. The molecule has 37 heavy (non-hydrogen) atoms. The van der Waals surface area contributed by atoms with Gasteiger partial charge in [-0.05, 0) is 36.4 Å². The van der Waals surface area contributed by atoms with E-state index in [1.54, 1.807) is 30.3 Å². The summed E-state index contributed by atoms with van der Waals surface area (Å²) in [5.74, 6) is -0.533. The number of hydrogen-bond acceptors (Lipinski definition) is 7. The first kappa shape index (κ1) is 26.4. The molecule has 1 N–H and O–H groups in total. The first-order valence-electron chi connectivity index (χ1n) is 10.7. The van der Waals surface area contributed by atoms with E-state index in [1.165, 1.54) is 32.4 Å². The molecule has 2 heterocycles. The number of methoxy groups -OCH3 is 2. The number of imide groups is 1. The van der Waals surface area contributed by atoms with E-state index in [0.29, 0.717) is 31.9 Å². The van der Waals surface area contributed by atoms with Crippen LogP contribution in [0.4, 0.5) is 4.79 Å². The van der Waals surface area contributed by atoms with Crippen molar-refractivity contribution in [3.63, 3.8) is 0 Å². The summed E-state index contributed by atoms with van der Waals surface area (Å²) in [7, 11) is 2.66. The fourth-order valence-electron chi connectivity index (χ4n) is 3.49. The van der Waals surface area contributed by atoms with Crippen molar-refractivity contribution in [3.05, 3.63) is 85.9 Å². The molecule has 0 spiro atoms. The Morgan fingerprint density at radius 1 is 1.05 bits per heavy atom. The van der Waals surface area contributed by atoms with Crippen molar-refractivity contribution in [1.29, 1.82) is 0 Å². The molecule has 2 aromatic carbocycles. The number of nitrogens with zero attached hydrogens (tertiary/aromatic N) is 1. The van der Waals surface area contributed by atoms with Crippen molar-refractivity contribution in [1.82, 2.24) is 10.2 Å². The predicted octanol–water partition coefficient (Wildman–Crippen LogP) is 5.71. The van der Waals surface area contributed by atoms with Gasteiger partial charge in [0.25, 0.3) is 5.91 Å². The maximum atomic E-state index is 13.0. The lowest BCUT2D eigenvalue weighted by Gasteiger charge is -2.15. The van der Waals surface area contributed by atoms with Crippen molar-refractivity contribution in [3.8, 4) is 11.5 Å². The Balaban J connectivity index is 1.60. The van der Waals surface area contributed by atoms with E-state index in [2.05, 4.69) is 10.1 Å². The minimum Gasteiger partial charge on any atom is -0.493 e. The second-order valence-corrected chi connectivity index (χ2v) is 8.97. The van der Waals surface area contributed by atoms with Crippen LogP contribution in [0.5, 0.6) is 11.5 Å². The Bertz CT molecular complexity index is 1420. The first-order valence-corrected chi connectivity index (χ1v) is 11.8. The minimum absolute atomic E-state index is 0.0246. The summed E-state index contributed by atoms with van der Waals surface area (Å²) in [4.78, 5) is 38.1. The van der Waals surface area contributed by atoms with Crippen LogP contribution in [0.15, 0.2) is 52.6 Å². The van der Waals surface area contributed by atoms with Crippen molar-refractivity contribution < 1.29 is 33.0 Å². The largest absolute Gasteiger partial charge is 0.493 e. The summed E-state index contributed by atoms with van der Waals surface area (Å²) in [6, 6.07) is 10.3. The van der Waals surface area contributed by atoms with Crippen LogP contribution < -0.4 is 14.8 Å². The maximum absolute atomic E-state index is 13.0. The zero-order chi connectivity index (χ0) is 26.7. The number of carbonyl (C=O) groups excluding carboxylic acids is 3. The van der Waals surface area contributed by atoms with Crippen molar-refractivity contribution >= 4 is 58.8 Å². The monoisotopic (exact) mass is 564 g/mol. The predicted molar refractivity (Wildman–Crippen MR) is 136 cm³/mol. The fourth-order valence-corrected chi connectivity index (χ4v) is 4.17. The lowest BCUT2D eigenvalue weighted by atomic mass is 10.1. The smallest absolute Gasteiger partial charge is 0.373 e. The number of halogens is 3. The van der Waals surface area contributed by atoms with Gasteiger partial charge in [-0.3, -0.25) is 9.69 Å². The fraction of sp³-hybridized carbons (Fsp3) is 0.160. The third-order valence-corrected chi connectivity index (χ3v) is 6.08. The van der Waals surface area contributed by atoms with Crippen LogP contribution in [0.3, 0.4) is 0 Å². The molecule has 0 unspecified atom stereocenters. The zero-order valence-electron chi connectivity index (χ0n) is 19.5. The van der Waals surface area contributed by atoms with E-state index < -0.39 is 17.9 Å². The number of furan rings is 1. The molecule has 0 bridgehead atoms. The van der Waals surface area contributed by atoms with Gasteiger partial charge in [-0.15, -0.1) is 0 Å². The van der Waals surface area contributed by atoms with Gasteiger partial charge in [0.2, 0.25) is 5.76 Å². The highest BCUT2D eigenvalue weighted by Gasteiger charge is 2.35. The molecule has 1 aliphatic rings. The summed E-state index contributed by atoms with van der Waals surface area (Å²) in [6.07, 6.45) is 1.43. The van der Waals surface area contributed by atoms with E-state index >= 15 is 0 Å². The van der Waals surface area contributed by atoms with Crippen LogP contribution in [-0.2, 0) is 22.7 Å². The normalized spacial score (nSPS) is 14.2. The molecule has 192 valence electrons. The van der Waals surface area contributed by atoms with Gasteiger partial charge < -0.3 is 23.9 Å². The average molecular weight is 566 g/mol. The van der Waals surface area contributed by atoms with Gasteiger partial charge in [0.1, 0.15) is 18.1 Å². The average Bonchev–Trinajstić information content (AvgIpc) is 3.44. The van der Waals surface area contributed by atoms with Gasteiger partial charge in [-0.1, -0.05) is 40.9 Å². The molecule has 0 radical (unpaired) electrons. The lowest BCUT2D eigenvalue weighted by molar-refractivity contribution is -0.123. The van der Waals surface area contributed by atoms with Gasteiger partial charge >= 0.3 is 12.0 Å². The molecule has 9 nitrogen and oxygen atoms in total. The van der Waals surface area contributed by atoms with E-state index in [1.807, 2.05) is 0 Å². The number of rotatable bonds is 8. The Labute approximate surface area is 226 Å². The van der Waals surface area contributed by atoms with Gasteiger partial charge in [0.05, 0.1) is 20.8 Å². The molecule has 1 aromatic heterocycles. The van der Waals surface area contributed by atoms with Gasteiger partial charge in [0.15, 0.2) is 11.5 Å². The number of amides is 3. The molecule has 1 aliphatic heterocycles. The van der Waals surface area contributed by atoms with Crippen molar-refractivity contribution in [2.24, 2.45) is 0 Å². The van der Waals surface area contributed by atoms with E-state index in [4.69, 9.17) is 48.7 Å². The SMILES string of the molecule is COC(=O)c1ccc(CN2C(=O)N/C(=C/c3cc(Cl)cc(OC)c3OCc3ccc(Cl)cc3Cl)C2=O)o1. The number of carbonyl (C=O) groups is 3. The number of nitrogens with one attached hydrogen (secondary N) is 1. The highest BCUT2D eigenvalue weighted by atomic mass is 35.5. The lowest BCUT2D eigenvalue weighted by Crippen LogP contribution is -2.30. The molecule has 0 saturated carbocycles. The summed E-state index contributed by atoms with van der Waals surface area (Å²) >= 11 is 18.5.